The van der Waals surface area contributed by atoms with Crippen molar-refractivity contribution >= 4 is 10.0 Å². The molecule has 2 aromatic carbocycles. The highest BCUT2D eigenvalue weighted by molar-refractivity contribution is 7.89. The Morgan fingerprint density at radius 3 is 1.88 bits per heavy atom. The summed E-state index contributed by atoms with van der Waals surface area (Å²) in [6, 6.07) is 9.46. The fraction of sp³-hybridized carbons (Fsp3) is 0.294. The number of nitrogens with one attached hydrogen (secondary N) is 1. The van der Waals surface area contributed by atoms with Crippen molar-refractivity contribution in [2.75, 3.05) is 28.4 Å². The zero-order chi connectivity index (χ0) is 18.4. The molecule has 0 radical (unpaired) electrons. The van der Waals surface area contributed by atoms with Crippen molar-refractivity contribution in [1.29, 1.82) is 0 Å². The minimum Gasteiger partial charge on any atom is -0.497 e. The van der Waals surface area contributed by atoms with E-state index in [0.717, 1.165) is 0 Å². The first-order valence-corrected chi connectivity index (χ1v) is 8.86. The van der Waals surface area contributed by atoms with Gasteiger partial charge in [0.05, 0.1) is 33.3 Å². The molecule has 0 aromatic heterocycles. The maximum atomic E-state index is 12.4. The lowest BCUT2D eigenvalue weighted by molar-refractivity contribution is 0.347. The number of rotatable bonds is 8. The van der Waals surface area contributed by atoms with Gasteiger partial charge < -0.3 is 18.9 Å². The average molecular weight is 367 g/mol. The van der Waals surface area contributed by atoms with E-state index in [1.165, 1.54) is 40.6 Å². The van der Waals surface area contributed by atoms with Gasteiger partial charge in [0.2, 0.25) is 10.0 Å². The van der Waals surface area contributed by atoms with Crippen LogP contribution in [-0.2, 0) is 16.6 Å². The number of hydrogen-bond acceptors (Lipinski definition) is 6. The highest BCUT2D eigenvalue weighted by Crippen LogP contribution is 2.34. The van der Waals surface area contributed by atoms with E-state index in [-0.39, 0.29) is 11.4 Å². The molecule has 2 aromatic rings. The molecule has 0 spiro atoms. The molecule has 136 valence electrons. The molecule has 0 amide bonds. The fourth-order valence-corrected chi connectivity index (χ4v) is 3.25. The zero-order valence-corrected chi connectivity index (χ0v) is 15.3. The van der Waals surface area contributed by atoms with E-state index in [1.54, 1.807) is 24.3 Å². The Labute approximate surface area is 147 Å². The summed E-state index contributed by atoms with van der Waals surface area (Å²) >= 11 is 0. The number of ether oxygens (including phenoxy) is 4. The second-order valence-corrected chi connectivity index (χ2v) is 6.79. The van der Waals surface area contributed by atoms with E-state index in [4.69, 9.17) is 18.9 Å². The van der Waals surface area contributed by atoms with Crippen LogP contribution < -0.4 is 23.7 Å². The van der Waals surface area contributed by atoms with E-state index in [9.17, 15) is 8.42 Å². The Balaban J connectivity index is 2.24. The summed E-state index contributed by atoms with van der Waals surface area (Å²) in [7, 11) is 2.37. The Bertz CT molecular complexity index is 818. The number of benzene rings is 2. The molecule has 0 aliphatic heterocycles. The molecule has 8 heteroatoms. The molecular formula is C17H21NO6S. The second-order valence-electron chi connectivity index (χ2n) is 5.02. The lowest BCUT2D eigenvalue weighted by Crippen LogP contribution is -2.23. The largest absolute Gasteiger partial charge is 0.497 e. The molecule has 0 heterocycles. The monoisotopic (exact) mass is 367 g/mol. The van der Waals surface area contributed by atoms with Crippen LogP contribution in [0.25, 0.3) is 0 Å². The van der Waals surface area contributed by atoms with Gasteiger partial charge in [-0.1, -0.05) is 0 Å². The molecule has 7 nitrogen and oxygen atoms in total. The predicted octanol–water partition coefficient (Wildman–Crippen LogP) is 2.20. The Kier molecular flexibility index (Phi) is 6.11. The van der Waals surface area contributed by atoms with Crippen molar-refractivity contribution in [1.82, 2.24) is 4.72 Å². The summed E-state index contributed by atoms with van der Waals surface area (Å²) in [4.78, 5) is 0.146. The van der Waals surface area contributed by atoms with Crippen LogP contribution in [0.2, 0.25) is 0 Å². The quantitative estimate of drug-likeness (QED) is 0.770. The number of hydrogen-bond donors (Lipinski definition) is 1. The van der Waals surface area contributed by atoms with Crippen molar-refractivity contribution in [3.05, 3.63) is 42.0 Å². The van der Waals surface area contributed by atoms with Gasteiger partial charge >= 0.3 is 0 Å². The van der Waals surface area contributed by atoms with Crippen LogP contribution in [0.3, 0.4) is 0 Å². The summed E-state index contributed by atoms with van der Waals surface area (Å²) in [5, 5.41) is 0. The normalized spacial score (nSPS) is 11.0. The predicted molar refractivity (Wildman–Crippen MR) is 93.1 cm³/mol. The van der Waals surface area contributed by atoms with Crippen molar-refractivity contribution in [2.24, 2.45) is 0 Å². The van der Waals surface area contributed by atoms with Gasteiger partial charge in [-0.3, -0.25) is 0 Å². The standard InChI is InChI=1S/C17H21NO6S/c1-21-13-5-7-14(8-6-13)25(19,20)18-11-12-9-16(23-3)17(24-4)10-15(12)22-2/h5-10,18H,11H2,1-4H3. The van der Waals surface area contributed by atoms with Crippen molar-refractivity contribution in [3.8, 4) is 23.0 Å². The molecular weight excluding hydrogens is 346 g/mol. The molecule has 0 saturated carbocycles. The van der Waals surface area contributed by atoms with Gasteiger partial charge in [-0.15, -0.1) is 0 Å². The van der Waals surface area contributed by atoms with Crippen LogP contribution in [0, 0.1) is 0 Å². The molecule has 0 fully saturated rings. The fourth-order valence-electron chi connectivity index (χ4n) is 2.24. The third-order valence-electron chi connectivity index (χ3n) is 3.61. The molecule has 0 saturated heterocycles. The van der Waals surface area contributed by atoms with Gasteiger partial charge in [-0.2, -0.15) is 0 Å². The smallest absolute Gasteiger partial charge is 0.240 e. The van der Waals surface area contributed by atoms with Crippen LogP contribution in [0.4, 0.5) is 0 Å². The van der Waals surface area contributed by atoms with Gasteiger partial charge in [0, 0.05) is 18.2 Å². The summed E-state index contributed by atoms with van der Waals surface area (Å²) in [6.07, 6.45) is 0. The minimum absolute atomic E-state index is 0.0396. The van der Waals surface area contributed by atoms with Gasteiger partial charge in [-0.25, -0.2) is 13.1 Å². The van der Waals surface area contributed by atoms with Gasteiger partial charge in [0.15, 0.2) is 11.5 Å². The van der Waals surface area contributed by atoms with E-state index in [0.29, 0.717) is 28.6 Å². The molecule has 0 aliphatic rings. The summed E-state index contributed by atoms with van der Waals surface area (Å²) < 4.78 is 48.2. The third kappa shape index (κ3) is 4.34. The maximum Gasteiger partial charge on any atom is 0.240 e. The topological polar surface area (TPSA) is 83.1 Å². The van der Waals surface area contributed by atoms with Gasteiger partial charge in [0.25, 0.3) is 0 Å². The third-order valence-corrected chi connectivity index (χ3v) is 5.03. The summed E-state index contributed by atoms with van der Waals surface area (Å²) in [5.41, 5.74) is 0.622. The summed E-state index contributed by atoms with van der Waals surface area (Å²) in [5.74, 6) is 2.07. The van der Waals surface area contributed by atoms with Crippen molar-refractivity contribution in [3.63, 3.8) is 0 Å². The first-order chi connectivity index (χ1) is 11.9. The average Bonchev–Trinajstić information content (AvgIpc) is 2.65. The number of sulfonamides is 1. The zero-order valence-electron chi connectivity index (χ0n) is 14.5. The first-order valence-electron chi connectivity index (χ1n) is 7.37. The number of methoxy groups -OCH3 is 4. The SMILES string of the molecule is COc1ccc(S(=O)(=O)NCc2cc(OC)c(OC)cc2OC)cc1. The van der Waals surface area contributed by atoms with Crippen molar-refractivity contribution < 1.29 is 27.4 Å². The molecule has 25 heavy (non-hydrogen) atoms. The molecule has 0 atom stereocenters. The maximum absolute atomic E-state index is 12.4. The van der Waals surface area contributed by atoms with E-state index < -0.39 is 10.0 Å². The second kappa shape index (κ2) is 8.09. The molecule has 1 N–H and O–H groups in total. The Morgan fingerprint density at radius 1 is 0.800 bits per heavy atom. The van der Waals surface area contributed by atoms with Crippen LogP contribution in [0.15, 0.2) is 41.3 Å². The van der Waals surface area contributed by atoms with Crippen LogP contribution >= 0.6 is 0 Å². The van der Waals surface area contributed by atoms with Crippen LogP contribution in [-0.4, -0.2) is 36.9 Å². The Morgan fingerprint density at radius 2 is 1.36 bits per heavy atom. The molecule has 2 rings (SSSR count). The first kappa shape index (κ1) is 18.9. The van der Waals surface area contributed by atoms with E-state index in [1.807, 2.05) is 0 Å². The lowest BCUT2D eigenvalue weighted by Gasteiger charge is -2.15. The van der Waals surface area contributed by atoms with Crippen LogP contribution in [0.1, 0.15) is 5.56 Å². The highest BCUT2D eigenvalue weighted by Gasteiger charge is 2.17. The van der Waals surface area contributed by atoms with Crippen molar-refractivity contribution in [2.45, 2.75) is 11.4 Å². The van der Waals surface area contributed by atoms with E-state index >= 15 is 0 Å². The summed E-state index contributed by atoms with van der Waals surface area (Å²) in [6.45, 7) is 0.0396. The molecule has 0 unspecified atom stereocenters. The van der Waals surface area contributed by atoms with Gasteiger partial charge in [-0.05, 0) is 30.3 Å². The molecule has 0 bridgehead atoms. The van der Waals surface area contributed by atoms with Gasteiger partial charge in [0.1, 0.15) is 11.5 Å². The molecule has 0 aliphatic carbocycles. The lowest BCUT2D eigenvalue weighted by atomic mass is 10.1. The van der Waals surface area contributed by atoms with E-state index in [2.05, 4.69) is 4.72 Å². The van der Waals surface area contributed by atoms with Crippen LogP contribution in [0.5, 0.6) is 23.0 Å². The minimum atomic E-state index is -3.68. The highest BCUT2D eigenvalue weighted by atomic mass is 32.2. The Hall–Kier alpha value is -2.45.